The van der Waals surface area contributed by atoms with Crippen molar-refractivity contribution < 1.29 is 0 Å². The van der Waals surface area contributed by atoms with Gasteiger partial charge in [0.15, 0.2) is 0 Å². The van der Waals surface area contributed by atoms with Crippen molar-refractivity contribution >= 4 is 34.1 Å². The highest BCUT2D eigenvalue weighted by atomic mass is 35.5. The second-order valence-corrected chi connectivity index (χ2v) is 5.35. The number of halogens is 1. The van der Waals surface area contributed by atoms with Gasteiger partial charge in [0.2, 0.25) is 0 Å². The summed E-state index contributed by atoms with van der Waals surface area (Å²) in [6.45, 7) is 1.86. The van der Waals surface area contributed by atoms with Crippen LogP contribution in [0.3, 0.4) is 0 Å². The van der Waals surface area contributed by atoms with Gasteiger partial charge >= 0.3 is 0 Å². The van der Waals surface area contributed by atoms with Gasteiger partial charge in [-0.15, -0.1) is 12.4 Å². The third-order valence-electron chi connectivity index (χ3n) is 3.93. The van der Waals surface area contributed by atoms with E-state index in [1.807, 2.05) is 67.6 Å². The Morgan fingerprint density at radius 1 is 0.870 bits per heavy atom. The molecule has 4 heteroatoms. The van der Waals surface area contributed by atoms with Gasteiger partial charge in [-0.2, -0.15) is 0 Å². The molecular weight excluding hydrogens is 308 g/mol. The van der Waals surface area contributed by atoms with Crippen LogP contribution < -0.4 is 5.56 Å². The Morgan fingerprint density at radius 3 is 2.39 bits per heavy atom. The third-order valence-corrected chi connectivity index (χ3v) is 3.93. The molecule has 0 unspecified atom stereocenters. The van der Waals surface area contributed by atoms with E-state index in [0.29, 0.717) is 11.2 Å². The van der Waals surface area contributed by atoms with Crippen LogP contribution in [0.1, 0.15) is 5.82 Å². The predicted octanol–water partition coefficient (Wildman–Crippen LogP) is 4.27. The molecule has 0 aliphatic heterocycles. The van der Waals surface area contributed by atoms with Crippen LogP contribution in [0.5, 0.6) is 0 Å². The standard InChI is InChI=1S/C19H14N2O.ClH/c1-13-20-18-9-5-4-8-17(18)19(22)21(13)16-11-10-14-6-2-3-7-15(14)12-16;/h2-12H,1H3;1H. The quantitative estimate of drug-likeness (QED) is 0.524. The number of aryl methyl sites for hydroxylation is 1. The molecule has 0 saturated carbocycles. The maximum absolute atomic E-state index is 12.8. The Labute approximate surface area is 139 Å². The number of nitrogens with zero attached hydrogens (tertiary/aromatic N) is 2. The molecule has 0 bridgehead atoms. The first-order chi connectivity index (χ1) is 10.7. The van der Waals surface area contributed by atoms with Gasteiger partial charge in [-0.05, 0) is 42.0 Å². The number of benzene rings is 3. The van der Waals surface area contributed by atoms with Crippen LogP contribution in [0, 0.1) is 6.92 Å². The average Bonchev–Trinajstić information content (AvgIpc) is 2.55. The van der Waals surface area contributed by atoms with Crippen LogP contribution in [0.2, 0.25) is 0 Å². The molecule has 0 radical (unpaired) electrons. The van der Waals surface area contributed by atoms with Crippen molar-refractivity contribution in [3.05, 3.63) is 82.9 Å². The maximum Gasteiger partial charge on any atom is 0.265 e. The number of para-hydroxylation sites is 1. The SMILES string of the molecule is Cc1nc2ccccc2c(=O)n1-c1ccc2ccccc2c1.Cl. The van der Waals surface area contributed by atoms with Crippen LogP contribution in [0.4, 0.5) is 0 Å². The highest BCUT2D eigenvalue weighted by Gasteiger charge is 2.09. The van der Waals surface area contributed by atoms with Crippen molar-refractivity contribution in [2.75, 3.05) is 0 Å². The molecule has 0 amide bonds. The number of fused-ring (bicyclic) bond motifs is 2. The predicted molar refractivity (Wildman–Crippen MR) is 96.8 cm³/mol. The molecule has 0 aliphatic rings. The fourth-order valence-electron chi connectivity index (χ4n) is 2.86. The topological polar surface area (TPSA) is 34.9 Å². The number of hydrogen-bond donors (Lipinski definition) is 0. The van der Waals surface area contributed by atoms with Crippen LogP contribution in [0.25, 0.3) is 27.4 Å². The smallest absolute Gasteiger partial charge is 0.265 e. The number of rotatable bonds is 1. The van der Waals surface area contributed by atoms with E-state index in [-0.39, 0.29) is 18.0 Å². The van der Waals surface area contributed by atoms with Crippen molar-refractivity contribution in [1.82, 2.24) is 9.55 Å². The molecule has 0 atom stereocenters. The zero-order chi connectivity index (χ0) is 15.1. The molecule has 4 aromatic rings. The zero-order valence-electron chi connectivity index (χ0n) is 12.6. The molecule has 0 aliphatic carbocycles. The highest BCUT2D eigenvalue weighted by molar-refractivity contribution is 5.85. The normalized spacial score (nSPS) is 10.7. The fraction of sp³-hybridized carbons (Fsp3) is 0.0526. The summed E-state index contributed by atoms with van der Waals surface area (Å²) in [6, 6.07) is 21.6. The number of hydrogen-bond acceptors (Lipinski definition) is 2. The van der Waals surface area contributed by atoms with Crippen LogP contribution in [0.15, 0.2) is 71.5 Å². The summed E-state index contributed by atoms with van der Waals surface area (Å²) >= 11 is 0. The molecule has 0 fully saturated rings. The largest absolute Gasteiger partial charge is 0.268 e. The molecule has 0 saturated heterocycles. The van der Waals surface area contributed by atoms with Gasteiger partial charge in [-0.1, -0.05) is 42.5 Å². The van der Waals surface area contributed by atoms with Gasteiger partial charge in [0.05, 0.1) is 16.6 Å². The van der Waals surface area contributed by atoms with E-state index in [1.54, 1.807) is 4.57 Å². The molecule has 0 spiro atoms. The third kappa shape index (κ3) is 2.49. The monoisotopic (exact) mass is 322 g/mol. The van der Waals surface area contributed by atoms with E-state index < -0.39 is 0 Å². The van der Waals surface area contributed by atoms with E-state index in [1.165, 1.54) is 0 Å². The molecule has 1 aromatic heterocycles. The minimum absolute atomic E-state index is 0. The molecule has 3 nitrogen and oxygen atoms in total. The van der Waals surface area contributed by atoms with Crippen molar-refractivity contribution in [2.24, 2.45) is 0 Å². The highest BCUT2D eigenvalue weighted by Crippen LogP contribution is 2.19. The summed E-state index contributed by atoms with van der Waals surface area (Å²) in [5.41, 5.74) is 1.56. The van der Waals surface area contributed by atoms with E-state index in [4.69, 9.17) is 0 Å². The Balaban J connectivity index is 0.00000156. The second kappa shape index (κ2) is 5.86. The first-order valence-electron chi connectivity index (χ1n) is 7.21. The Morgan fingerprint density at radius 2 is 1.57 bits per heavy atom. The number of aromatic nitrogens is 2. The summed E-state index contributed by atoms with van der Waals surface area (Å²) in [6.07, 6.45) is 0. The minimum atomic E-state index is -0.0293. The summed E-state index contributed by atoms with van der Waals surface area (Å²) < 4.78 is 1.68. The summed E-state index contributed by atoms with van der Waals surface area (Å²) in [7, 11) is 0. The molecule has 4 rings (SSSR count). The molecule has 3 aromatic carbocycles. The first-order valence-corrected chi connectivity index (χ1v) is 7.21. The zero-order valence-corrected chi connectivity index (χ0v) is 13.4. The minimum Gasteiger partial charge on any atom is -0.268 e. The van der Waals surface area contributed by atoms with Gasteiger partial charge < -0.3 is 0 Å². The molecule has 0 N–H and O–H groups in total. The fourth-order valence-corrected chi connectivity index (χ4v) is 2.86. The Bertz CT molecular complexity index is 1070. The van der Waals surface area contributed by atoms with Crippen LogP contribution >= 0.6 is 12.4 Å². The van der Waals surface area contributed by atoms with Gasteiger partial charge in [-0.25, -0.2) is 4.98 Å². The van der Waals surface area contributed by atoms with Crippen molar-refractivity contribution in [3.63, 3.8) is 0 Å². The summed E-state index contributed by atoms with van der Waals surface area (Å²) in [5, 5.41) is 2.91. The molecule has 1 heterocycles. The van der Waals surface area contributed by atoms with E-state index in [9.17, 15) is 4.79 Å². The molecule has 114 valence electrons. The van der Waals surface area contributed by atoms with Gasteiger partial charge in [0, 0.05) is 0 Å². The average molecular weight is 323 g/mol. The summed E-state index contributed by atoms with van der Waals surface area (Å²) in [5.74, 6) is 0.694. The van der Waals surface area contributed by atoms with Crippen molar-refractivity contribution in [1.29, 1.82) is 0 Å². The Kier molecular flexibility index (Phi) is 3.89. The van der Waals surface area contributed by atoms with E-state index in [2.05, 4.69) is 11.1 Å². The van der Waals surface area contributed by atoms with Gasteiger partial charge in [-0.3, -0.25) is 9.36 Å². The lowest BCUT2D eigenvalue weighted by Crippen LogP contribution is -2.22. The second-order valence-electron chi connectivity index (χ2n) is 5.35. The van der Waals surface area contributed by atoms with Gasteiger partial charge in [0.1, 0.15) is 5.82 Å². The van der Waals surface area contributed by atoms with Gasteiger partial charge in [0.25, 0.3) is 5.56 Å². The maximum atomic E-state index is 12.8. The van der Waals surface area contributed by atoms with Crippen molar-refractivity contribution in [3.8, 4) is 5.69 Å². The summed E-state index contributed by atoms with van der Waals surface area (Å²) in [4.78, 5) is 17.4. The first kappa shape index (κ1) is 15.3. The van der Waals surface area contributed by atoms with E-state index in [0.717, 1.165) is 22.0 Å². The van der Waals surface area contributed by atoms with E-state index >= 15 is 0 Å². The Hall–Kier alpha value is -2.65. The lowest BCUT2D eigenvalue weighted by molar-refractivity contribution is 0.896. The lowest BCUT2D eigenvalue weighted by atomic mass is 10.1. The van der Waals surface area contributed by atoms with Crippen LogP contribution in [-0.2, 0) is 0 Å². The van der Waals surface area contributed by atoms with Crippen molar-refractivity contribution in [2.45, 2.75) is 6.92 Å². The molecule has 23 heavy (non-hydrogen) atoms. The van der Waals surface area contributed by atoms with Crippen LogP contribution in [-0.4, -0.2) is 9.55 Å². The lowest BCUT2D eigenvalue weighted by Gasteiger charge is -2.11. The molecular formula is C19H15ClN2O.